The number of hydrogen-bond acceptors (Lipinski definition) is 3. The normalized spacial score (nSPS) is 22.5. The Hall–Kier alpha value is -0.120. The van der Waals surface area contributed by atoms with Gasteiger partial charge in [-0.1, -0.05) is 0 Å². The Labute approximate surface area is 74.7 Å². The van der Waals surface area contributed by atoms with Crippen LogP contribution in [0.25, 0.3) is 0 Å². The topological polar surface area (TPSA) is 47.3 Å². The van der Waals surface area contributed by atoms with Crippen LogP contribution in [0, 0.1) is 5.92 Å². The van der Waals surface area contributed by atoms with Gasteiger partial charge in [-0.2, -0.15) is 0 Å². The predicted octanol–water partition coefficient (Wildman–Crippen LogP) is 0.350. The van der Waals surface area contributed by atoms with Crippen molar-refractivity contribution in [1.82, 2.24) is 5.32 Å². The molecule has 1 aliphatic rings. The fourth-order valence-electron chi connectivity index (χ4n) is 1.76. The van der Waals surface area contributed by atoms with Crippen LogP contribution < -0.4 is 11.1 Å². The molecule has 0 unspecified atom stereocenters. The molecule has 0 saturated carbocycles. The van der Waals surface area contributed by atoms with Crippen LogP contribution >= 0.6 is 0 Å². The van der Waals surface area contributed by atoms with Crippen molar-refractivity contribution < 1.29 is 4.74 Å². The summed E-state index contributed by atoms with van der Waals surface area (Å²) in [5, 5.41) is 3.10. The third kappa shape index (κ3) is 3.52. The molecule has 1 heterocycles. The van der Waals surface area contributed by atoms with Gasteiger partial charge in [-0.15, -0.1) is 0 Å². The summed E-state index contributed by atoms with van der Waals surface area (Å²) in [7, 11) is 1.95. The Morgan fingerprint density at radius 3 is 2.75 bits per heavy atom. The number of nitrogens with one attached hydrogen (secondary N) is 1. The molecule has 0 aliphatic carbocycles. The molecule has 12 heavy (non-hydrogen) atoms. The average molecular weight is 172 g/mol. The molecule has 0 radical (unpaired) electrons. The summed E-state index contributed by atoms with van der Waals surface area (Å²) >= 11 is 0. The van der Waals surface area contributed by atoms with E-state index in [1.807, 2.05) is 7.05 Å². The Bertz CT molecular complexity index is 113. The van der Waals surface area contributed by atoms with Gasteiger partial charge in [-0.05, 0) is 32.2 Å². The molecule has 0 aromatic carbocycles. The zero-order valence-corrected chi connectivity index (χ0v) is 7.88. The third-order valence-electron chi connectivity index (χ3n) is 2.44. The van der Waals surface area contributed by atoms with Gasteiger partial charge in [0.1, 0.15) is 0 Å². The van der Waals surface area contributed by atoms with Gasteiger partial charge < -0.3 is 15.8 Å². The van der Waals surface area contributed by atoms with Crippen molar-refractivity contribution in [3.05, 3.63) is 0 Å². The summed E-state index contributed by atoms with van der Waals surface area (Å²) in [5.41, 5.74) is 5.91. The summed E-state index contributed by atoms with van der Waals surface area (Å²) < 4.78 is 5.28. The van der Waals surface area contributed by atoms with E-state index < -0.39 is 0 Å². The molecule has 0 bridgehead atoms. The van der Waals surface area contributed by atoms with Gasteiger partial charge in [0.15, 0.2) is 0 Å². The fourth-order valence-corrected chi connectivity index (χ4v) is 1.76. The quantitative estimate of drug-likeness (QED) is 0.643. The SMILES string of the molecule is CNC[C@@H](N)CC1CCOCC1. The van der Waals surface area contributed by atoms with Crippen LogP contribution in [0.4, 0.5) is 0 Å². The van der Waals surface area contributed by atoms with Gasteiger partial charge in [0.05, 0.1) is 0 Å². The standard InChI is InChI=1S/C9H20N2O/c1-11-7-9(10)6-8-2-4-12-5-3-8/h8-9,11H,2-7,10H2,1H3/t9-/m0/s1. The van der Waals surface area contributed by atoms with Crippen molar-refractivity contribution in [2.24, 2.45) is 11.7 Å². The first kappa shape index (κ1) is 9.96. The molecule has 1 fully saturated rings. The van der Waals surface area contributed by atoms with Crippen LogP contribution in [0.2, 0.25) is 0 Å². The van der Waals surface area contributed by atoms with E-state index in [2.05, 4.69) is 5.32 Å². The van der Waals surface area contributed by atoms with Crippen molar-refractivity contribution in [1.29, 1.82) is 0 Å². The van der Waals surface area contributed by atoms with E-state index in [1.54, 1.807) is 0 Å². The van der Waals surface area contributed by atoms with E-state index in [0.717, 1.165) is 32.1 Å². The Balaban J connectivity index is 2.11. The van der Waals surface area contributed by atoms with Crippen molar-refractivity contribution in [3.63, 3.8) is 0 Å². The van der Waals surface area contributed by atoms with Gasteiger partial charge in [-0.25, -0.2) is 0 Å². The zero-order chi connectivity index (χ0) is 8.81. The number of nitrogens with two attached hydrogens (primary N) is 1. The van der Waals surface area contributed by atoms with E-state index in [9.17, 15) is 0 Å². The molecular formula is C9H20N2O. The summed E-state index contributed by atoms with van der Waals surface area (Å²) in [5.74, 6) is 0.794. The van der Waals surface area contributed by atoms with Gasteiger partial charge in [0.25, 0.3) is 0 Å². The highest BCUT2D eigenvalue weighted by atomic mass is 16.5. The molecule has 0 aromatic heterocycles. The van der Waals surface area contributed by atoms with Crippen LogP contribution in [0.3, 0.4) is 0 Å². The number of likely N-dealkylation sites (N-methyl/N-ethyl adjacent to an activating group) is 1. The Morgan fingerprint density at radius 2 is 2.17 bits per heavy atom. The van der Waals surface area contributed by atoms with Crippen LogP contribution in [0.1, 0.15) is 19.3 Å². The van der Waals surface area contributed by atoms with Crippen LogP contribution in [0.15, 0.2) is 0 Å². The van der Waals surface area contributed by atoms with E-state index >= 15 is 0 Å². The average Bonchev–Trinajstić information content (AvgIpc) is 2.06. The smallest absolute Gasteiger partial charge is 0.0468 e. The molecule has 0 aromatic rings. The number of rotatable bonds is 4. The van der Waals surface area contributed by atoms with E-state index in [4.69, 9.17) is 10.5 Å². The van der Waals surface area contributed by atoms with Crippen LogP contribution in [-0.2, 0) is 4.74 Å². The van der Waals surface area contributed by atoms with Crippen molar-refractivity contribution >= 4 is 0 Å². The van der Waals surface area contributed by atoms with Crippen molar-refractivity contribution in [2.45, 2.75) is 25.3 Å². The molecule has 0 spiro atoms. The second-order valence-corrected chi connectivity index (χ2v) is 3.61. The van der Waals surface area contributed by atoms with Crippen LogP contribution in [-0.4, -0.2) is 32.8 Å². The third-order valence-corrected chi connectivity index (χ3v) is 2.44. The lowest BCUT2D eigenvalue weighted by molar-refractivity contribution is 0.0619. The minimum absolute atomic E-state index is 0.318. The van der Waals surface area contributed by atoms with Gasteiger partial charge in [0.2, 0.25) is 0 Å². The van der Waals surface area contributed by atoms with Crippen molar-refractivity contribution in [3.8, 4) is 0 Å². The second-order valence-electron chi connectivity index (χ2n) is 3.61. The molecule has 3 N–H and O–H groups in total. The minimum Gasteiger partial charge on any atom is -0.381 e. The second kappa shape index (κ2) is 5.51. The Morgan fingerprint density at radius 1 is 1.50 bits per heavy atom. The molecule has 1 saturated heterocycles. The highest BCUT2D eigenvalue weighted by Gasteiger charge is 2.16. The fraction of sp³-hybridized carbons (Fsp3) is 1.00. The van der Waals surface area contributed by atoms with E-state index in [1.165, 1.54) is 12.8 Å². The maximum atomic E-state index is 5.91. The van der Waals surface area contributed by atoms with Gasteiger partial charge >= 0.3 is 0 Å². The Kier molecular flexibility index (Phi) is 4.58. The number of ether oxygens (including phenoxy) is 1. The summed E-state index contributed by atoms with van der Waals surface area (Å²) in [6.07, 6.45) is 3.53. The van der Waals surface area contributed by atoms with E-state index in [0.29, 0.717) is 6.04 Å². The maximum Gasteiger partial charge on any atom is 0.0468 e. The summed E-state index contributed by atoms with van der Waals surface area (Å²) in [6, 6.07) is 0.318. The first-order valence-electron chi connectivity index (χ1n) is 4.81. The molecule has 0 amide bonds. The summed E-state index contributed by atoms with van der Waals surface area (Å²) in [6.45, 7) is 2.78. The number of hydrogen-bond donors (Lipinski definition) is 2. The maximum absolute atomic E-state index is 5.91. The highest BCUT2D eigenvalue weighted by Crippen LogP contribution is 2.19. The monoisotopic (exact) mass is 172 g/mol. The lowest BCUT2D eigenvalue weighted by Gasteiger charge is -2.24. The van der Waals surface area contributed by atoms with E-state index in [-0.39, 0.29) is 0 Å². The molecule has 3 heteroatoms. The first-order chi connectivity index (χ1) is 5.83. The molecule has 1 aliphatic heterocycles. The molecule has 1 rings (SSSR count). The molecule has 3 nitrogen and oxygen atoms in total. The van der Waals surface area contributed by atoms with Crippen molar-refractivity contribution in [2.75, 3.05) is 26.8 Å². The highest BCUT2D eigenvalue weighted by molar-refractivity contribution is 4.71. The van der Waals surface area contributed by atoms with Gasteiger partial charge in [-0.3, -0.25) is 0 Å². The largest absolute Gasteiger partial charge is 0.381 e. The minimum atomic E-state index is 0.318. The molecule has 72 valence electrons. The van der Waals surface area contributed by atoms with Gasteiger partial charge in [0, 0.05) is 25.8 Å². The predicted molar refractivity (Wildman–Crippen MR) is 50.1 cm³/mol. The molecule has 1 atom stereocenters. The van der Waals surface area contributed by atoms with Crippen LogP contribution in [0.5, 0.6) is 0 Å². The lowest BCUT2D eigenvalue weighted by atomic mass is 9.93. The summed E-state index contributed by atoms with van der Waals surface area (Å²) in [4.78, 5) is 0. The first-order valence-corrected chi connectivity index (χ1v) is 4.81. The zero-order valence-electron chi connectivity index (χ0n) is 7.88. The molecular weight excluding hydrogens is 152 g/mol. The lowest BCUT2D eigenvalue weighted by Crippen LogP contribution is -2.35.